The Labute approximate surface area is 107 Å². The van der Waals surface area contributed by atoms with E-state index in [0.717, 1.165) is 0 Å². The highest BCUT2D eigenvalue weighted by Gasteiger charge is 2.11. The summed E-state index contributed by atoms with van der Waals surface area (Å²) >= 11 is 0. The number of hydrogen-bond acceptors (Lipinski definition) is 0. The second-order valence-electron chi connectivity index (χ2n) is 5.73. The molecule has 0 radical (unpaired) electrons. The first-order valence-electron chi connectivity index (χ1n) is 6.13. The molecular formula is C15H24NSi+. The Kier molecular flexibility index (Phi) is 4.46. The molecule has 0 saturated carbocycles. The van der Waals surface area contributed by atoms with Crippen LogP contribution in [-0.2, 0) is 0 Å². The van der Waals surface area contributed by atoms with E-state index < -0.39 is 8.07 Å². The van der Waals surface area contributed by atoms with Gasteiger partial charge in [-0.1, -0.05) is 43.5 Å². The Hall–Kier alpha value is -1.15. The van der Waals surface area contributed by atoms with E-state index in [-0.39, 0.29) is 0 Å². The molecule has 0 spiro atoms. The van der Waals surface area contributed by atoms with Crippen molar-refractivity contribution in [2.24, 2.45) is 0 Å². The molecule has 17 heavy (non-hydrogen) atoms. The van der Waals surface area contributed by atoms with Gasteiger partial charge < -0.3 is 0 Å². The average molecular weight is 246 g/mol. The van der Waals surface area contributed by atoms with E-state index >= 15 is 0 Å². The molecule has 0 aliphatic rings. The summed E-state index contributed by atoms with van der Waals surface area (Å²) in [6.45, 7) is 11.4. The van der Waals surface area contributed by atoms with Crippen LogP contribution in [0.4, 0.5) is 5.69 Å². The molecule has 1 nitrogen and oxygen atoms in total. The lowest BCUT2D eigenvalue weighted by Crippen LogP contribution is -2.15. The van der Waals surface area contributed by atoms with Crippen molar-refractivity contribution in [2.45, 2.75) is 33.5 Å². The zero-order valence-electron chi connectivity index (χ0n) is 11.9. The SMILES string of the molecule is Cc1cccc(C)c1[N+](C)=C/C=C/[Si](C)(C)C. The van der Waals surface area contributed by atoms with E-state index in [2.05, 4.69) is 81.3 Å². The average Bonchev–Trinajstić information content (AvgIpc) is 2.15. The maximum atomic E-state index is 2.36. The van der Waals surface area contributed by atoms with Crippen LogP contribution < -0.4 is 0 Å². The lowest BCUT2D eigenvalue weighted by molar-refractivity contribution is -0.399. The molecule has 0 N–H and O–H groups in total. The minimum absolute atomic E-state index is 1.09. The first-order chi connectivity index (χ1) is 7.81. The normalized spacial score (nSPS) is 13.4. The predicted octanol–water partition coefficient (Wildman–Crippen LogP) is 4.08. The van der Waals surface area contributed by atoms with Gasteiger partial charge >= 0.3 is 0 Å². The van der Waals surface area contributed by atoms with Gasteiger partial charge in [0.05, 0.1) is 8.07 Å². The molecule has 0 heterocycles. The molecule has 1 aromatic rings. The van der Waals surface area contributed by atoms with Gasteiger partial charge in [0.15, 0.2) is 6.21 Å². The first-order valence-corrected chi connectivity index (χ1v) is 9.71. The fraction of sp³-hybridized carbons (Fsp3) is 0.400. The summed E-state index contributed by atoms with van der Waals surface area (Å²) < 4.78 is 2.21. The predicted molar refractivity (Wildman–Crippen MR) is 80.3 cm³/mol. The molecule has 1 rings (SSSR count). The number of nitrogens with zero attached hydrogens (tertiary/aromatic N) is 1. The fourth-order valence-corrected chi connectivity index (χ4v) is 2.56. The summed E-state index contributed by atoms with van der Waals surface area (Å²) in [5, 5.41) is 0. The topological polar surface area (TPSA) is 3.01 Å². The number of benzene rings is 1. The van der Waals surface area contributed by atoms with Crippen molar-refractivity contribution in [3.8, 4) is 0 Å². The Balaban J connectivity index is 3.01. The standard InChI is InChI=1S/C15H24NSi/c1-13-9-7-10-14(2)15(13)16(3)11-8-12-17(4,5)6/h7-12H,1-6H3/q+1/b12-8+,16-11?. The quantitative estimate of drug-likeness (QED) is 0.429. The third kappa shape index (κ3) is 4.31. The van der Waals surface area contributed by atoms with Gasteiger partial charge in [0.2, 0.25) is 5.69 Å². The van der Waals surface area contributed by atoms with Crippen LogP contribution in [0.3, 0.4) is 0 Å². The van der Waals surface area contributed by atoms with Crippen LogP contribution in [0.2, 0.25) is 19.6 Å². The lowest BCUT2D eigenvalue weighted by Gasteiger charge is -2.07. The van der Waals surface area contributed by atoms with E-state index in [1.54, 1.807) is 0 Å². The Morgan fingerprint density at radius 1 is 1.06 bits per heavy atom. The Bertz CT molecular complexity index is 430. The molecule has 1 aromatic carbocycles. The summed E-state index contributed by atoms with van der Waals surface area (Å²) in [5.41, 5.74) is 6.32. The van der Waals surface area contributed by atoms with E-state index in [4.69, 9.17) is 0 Å². The third-order valence-electron chi connectivity index (χ3n) is 2.70. The minimum atomic E-state index is -1.09. The molecule has 0 aliphatic heterocycles. The molecule has 2 heteroatoms. The van der Waals surface area contributed by atoms with Crippen molar-refractivity contribution in [1.82, 2.24) is 0 Å². The first kappa shape index (κ1) is 13.9. The van der Waals surface area contributed by atoms with Crippen LogP contribution in [0.5, 0.6) is 0 Å². The van der Waals surface area contributed by atoms with Crippen molar-refractivity contribution < 1.29 is 4.58 Å². The minimum Gasteiger partial charge on any atom is -0.201 e. The van der Waals surface area contributed by atoms with Gasteiger partial charge in [-0.3, -0.25) is 0 Å². The summed E-state index contributed by atoms with van der Waals surface area (Å²) in [6, 6.07) is 6.43. The molecule has 92 valence electrons. The highest BCUT2D eigenvalue weighted by Crippen LogP contribution is 2.21. The molecule has 0 aromatic heterocycles. The van der Waals surface area contributed by atoms with Gasteiger partial charge in [0.1, 0.15) is 7.05 Å². The number of para-hydroxylation sites is 1. The summed E-state index contributed by atoms with van der Waals surface area (Å²) in [6.07, 6.45) is 4.35. The van der Waals surface area contributed by atoms with Crippen molar-refractivity contribution in [3.63, 3.8) is 0 Å². The van der Waals surface area contributed by atoms with Gasteiger partial charge in [-0.25, -0.2) is 4.58 Å². The Morgan fingerprint density at radius 3 is 2.06 bits per heavy atom. The fourth-order valence-electron chi connectivity index (χ4n) is 1.90. The van der Waals surface area contributed by atoms with Crippen LogP contribution in [0.15, 0.2) is 30.0 Å². The van der Waals surface area contributed by atoms with E-state index in [1.807, 2.05) is 0 Å². The largest absolute Gasteiger partial charge is 0.210 e. The van der Waals surface area contributed by atoms with Crippen molar-refractivity contribution in [2.75, 3.05) is 7.05 Å². The number of rotatable bonds is 3. The smallest absolute Gasteiger partial charge is 0.201 e. The van der Waals surface area contributed by atoms with Crippen molar-refractivity contribution in [3.05, 3.63) is 41.1 Å². The molecule has 0 fully saturated rings. The van der Waals surface area contributed by atoms with Crippen LogP contribution >= 0.6 is 0 Å². The lowest BCUT2D eigenvalue weighted by atomic mass is 10.1. The van der Waals surface area contributed by atoms with Gasteiger partial charge in [0.25, 0.3) is 0 Å². The van der Waals surface area contributed by atoms with Gasteiger partial charge in [-0.2, -0.15) is 0 Å². The van der Waals surface area contributed by atoms with Crippen LogP contribution in [-0.4, -0.2) is 25.9 Å². The zero-order chi connectivity index (χ0) is 13.1. The van der Waals surface area contributed by atoms with Gasteiger partial charge in [0, 0.05) is 11.1 Å². The summed E-state index contributed by atoms with van der Waals surface area (Å²) in [7, 11) is 1.02. The summed E-state index contributed by atoms with van der Waals surface area (Å²) in [4.78, 5) is 0. The van der Waals surface area contributed by atoms with Crippen LogP contribution in [0.25, 0.3) is 0 Å². The Morgan fingerprint density at radius 2 is 1.59 bits per heavy atom. The molecule has 0 saturated heterocycles. The number of aryl methyl sites for hydroxylation is 2. The molecule has 0 unspecified atom stereocenters. The highest BCUT2D eigenvalue weighted by molar-refractivity contribution is 6.81. The van der Waals surface area contributed by atoms with Crippen molar-refractivity contribution in [1.29, 1.82) is 0 Å². The zero-order valence-corrected chi connectivity index (χ0v) is 12.9. The van der Waals surface area contributed by atoms with E-state index in [9.17, 15) is 0 Å². The molecule has 0 atom stereocenters. The highest BCUT2D eigenvalue weighted by atomic mass is 28.3. The second kappa shape index (κ2) is 5.45. The monoisotopic (exact) mass is 246 g/mol. The van der Waals surface area contributed by atoms with E-state index in [0.29, 0.717) is 0 Å². The maximum Gasteiger partial charge on any atom is 0.210 e. The molecule has 0 aliphatic carbocycles. The number of hydrogen-bond donors (Lipinski definition) is 0. The molecular weight excluding hydrogens is 222 g/mol. The second-order valence-corrected chi connectivity index (χ2v) is 10.8. The van der Waals surface area contributed by atoms with Crippen molar-refractivity contribution >= 4 is 20.0 Å². The molecule has 0 bridgehead atoms. The van der Waals surface area contributed by atoms with E-state index in [1.165, 1.54) is 16.8 Å². The van der Waals surface area contributed by atoms with Crippen LogP contribution in [0.1, 0.15) is 11.1 Å². The van der Waals surface area contributed by atoms with Gasteiger partial charge in [-0.15, -0.1) is 0 Å². The van der Waals surface area contributed by atoms with Gasteiger partial charge in [-0.05, 0) is 19.9 Å². The summed E-state index contributed by atoms with van der Waals surface area (Å²) in [5.74, 6) is 0. The third-order valence-corrected chi connectivity index (χ3v) is 3.89. The molecule has 0 amide bonds. The van der Waals surface area contributed by atoms with Crippen LogP contribution in [0, 0.1) is 13.8 Å². The maximum absolute atomic E-state index is 2.36. The number of allylic oxidation sites excluding steroid dienone is 1.